The standard InChI is InChI=1S/C8H13NO3/c1-6(12-8(10)11)7-4-2-3-5-9-7/h3,5-7,9H,2,4H2,1H3,(H,10,11). The highest BCUT2D eigenvalue weighted by Crippen LogP contribution is 2.10. The topological polar surface area (TPSA) is 58.6 Å². The summed E-state index contributed by atoms with van der Waals surface area (Å²) in [4.78, 5) is 10.2. The molecule has 2 atom stereocenters. The average Bonchev–Trinajstić information content (AvgIpc) is 2.05. The molecule has 1 rings (SSSR count). The zero-order valence-corrected chi connectivity index (χ0v) is 6.99. The fraction of sp³-hybridized carbons (Fsp3) is 0.625. The molecule has 0 fully saturated rings. The molecular formula is C8H13NO3. The van der Waals surface area contributed by atoms with Crippen LogP contribution in [0.3, 0.4) is 0 Å². The van der Waals surface area contributed by atoms with E-state index < -0.39 is 6.16 Å². The Morgan fingerprint density at radius 1 is 1.83 bits per heavy atom. The summed E-state index contributed by atoms with van der Waals surface area (Å²) >= 11 is 0. The van der Waals surface area contributed by atoms with Crippen molar-refractivity contribution < 1.29 is 14.6 Å². The highest BCUT2D eigenvalue weighted by molar-refractivity contribution is 5.57. The summed E-state index contributed by atoms with van der Waals surface area (Å²) in [6.45, 7) is 1.75. The number of carbonyl (C=O) groups is 1. The molecule has 0 aromatic rings. The molecule has 0 aliphatic carbocycles. The van der Waals surface area contributed by atoms with Crippen molar-refractivity contribution in [2.45, 2.75) is 31.9 Å². The number of hydrogen-bond acceptors (Lipinski definition) is 3. The lowest BCUT2D eigenvalue weighted by molar-refractivity contribution is 0.0429. The van der Waals surface area contributed by atoms with Gasteiger partial charge < -0.3 is 15.2 Å². The minimum absolute atomic E-state index is 0.117. The van der Waals surface area contributed by atoms with Crippen molar-refractivity contribution in [3.63, 3.8) is 0 Å². The van der Waals surface area contributed by atoms with E-state index in [0.29, 0.717) is 0 Å². The molecule has 0 radical (unpaired) electrons. The molecule has 1 aliphatic rings. The molecule has 12 heavy (non-hydrogen) atoms. The zero-order chi connectivity index (χ0) is 8.97. The van der Waals surface area contributed by atoms with Crippen molar-refractivity contribution in [3.8, 4) is 0 Å². The molecule has 4 nitrogen and oxygen atoms in total. The van der Waals surface area contributed by atoms with E-state index >= 15 is 0 Å². The number of ether oxygens (including phenoxy) is 1. The third-order valence-corrected chi connectivity index (χ3v) is 1.93. The Morgan fingerprint density at radius 3 is 3.08 bits per heavy atom. The van der Waals surface area contributed by atoms with Crippen molar-refractivity contribution in [3.05, 3.63) is 12.3 Å². The number of hydrogen-bond donors (Lipinski definition) is 2. The van der Waals surface area contributed by atoms with Crippen LogP contribution in [0.2, 0.25) is 0 Å². The van der Waals surface area contributed by atoms with Crippen LogP contribution < -0.4 is 5.32 Å². The first-order chi connectivity index (χ1) is 5.70. The van der Waals surface area contributed by atoms with Gasteiger partial charge in [-0.2, -0.15) is 0 Å². The molecule has 1 heterocycles. The second-order valence-corrected chi connectivity index (χ2v) is 2.84. The van der Waals surface area contributed by atoms with Gasteiger partial charge in [-0.1, -0.05) is 6.08 Å². The van der Waals surface area contributed by atoms with Crippen molar-refractivity contribution >= 4 is 6.16 Å². The number of allylic oxidation sites excluding steroid dienone is 1. The van der Waals surface area contributed by atoms with Crippen molar-refractivity contribution in [2.75, 3.05) is 0 Å². The molecule has 0 bridgehead atoms. The Bertz CT molecular complexity index is 191. The van der Waals surface area contributed by atoms with Crippen LogP contribution in [0.4, 0.5) is 4.79 Å². The second kappa shape index (κ2) is 3.99. The van der Waals surface area contributed by atoms with Gasteiger partial charge in [0, 0.05) is 0 Å². The lowest BCUT2D eigenvalue weighted by Crippen LogP contribution is -2.39. The van der Waals surface area contributed by atoms with Crippen LogP contribution >= 0.6 is 0 Å². The monoisotopic (exact) mass is 171 g/mol. The molecule has 0 aromatic heterocycles. The SMILES string of the molecule is CC(OC(=O)O)C1CCC=CN1. The second-order valence-electron chi connectivity index (χ2n) is 2.84. The van der Waals surface area contributed by atoms with Gasteiger partial charge in [0.25, 0.3) is 0 Å². The molecule has 2 unspecified atom stereocenters. The van der Waals surface area contributed by atoms with E-state index in [1.807, 2.05) is 12.3 Å². The van der Waals surface area contributed by atoms with Crippen molar-refractivity contribution in [1.29, 1.82) is 0 Å². The van der Waals surface area contributed by atoms with E-state index in [-0.39, 0.29) is 12.1 Å². The highest BCUT2D eigenvalue weighted by atomic mass is 16.7. The summed E-state index contributed by atoms with van der Waals surface area (Å²) in [5, 5.41) is 11.4. The Labute approximate surface area is 71.2 Å². The van der Waals surface area contributed by atoms with Crippen LogP contribution in [-0.2, 0) is 4.74 Å². The van der Waals surface area contributed by atoms with Gasteiger partial charge in [0.2, 0.25) is 0 Å². The largest absolute Gasteiger partial charge is 0.506 e. The van der Waals surface area contributed by atoms with Crippen LogP contribution in [0.5, 0.6) is 0 Å². The first-order valence-electron chi connectivity index (χ1n) is 4.01. The molecule has 68 valence electrons. The van der Waals surface area contributed by atoms with E-state index in [1.165, 1.54) is 0 Å². The van der Waals surface area contributed by atoms with Gasteiger partial charge in [-0.15, -0.1) is 0 Å². The summed E-state index contributed by atoms with van der Waals surface area (Å²) in [6.07, 6.45) is 4.27. The molecule has 2 N–H and O–H groups in total. The van der Waals surface area contributed by atoms with Crippen molar-refractivity contribution in [1.82, 2.24) is 5.32 Å². The number of nitrogens with one attached hydrogen (secondary N) is 1. The lowest BCUT2D eigenvalue weighted by Gasteiger charge is -2.25. The van der Waals surface area contributed by atoms with E-state index in [2.05, 4.69) is 10.1 Å². The van der Waals surface area contributed by atoms with Crippen LogP contribution in [0.1, 0.15) is 19.8 Å². The maximum Gasteiger partial charge on any atom is 0.506 e. The Kier molecular flexibility index (Phi) is 2.96. The molecule has 0 spiro atoms. The lowest BCUT2D eigenvalue weighted by atomic mass is 10.0. The molecule has 1 aliphatic heterocycles. The minimum atomic E-state index is -1.21. The summed E-state index contributed by atoms with van der Waals surface area (Å²) < 4.78 is 4.61. The van der Waals surface area contributed by atoms with Gasteiger partial charge >= 0.3 is 6.16 Å². The smallest absolute Gasteiger partial charge is 0.450 e. The van der Waals surface area contributed by atoms with Gasteiger partial charge in [-0.3, -0.25) is 0 Å². The summed E-state index contributed by atoms with van der Waals surface area (Å²) in [6, 6.07) is 0.117. The van der Waals surface area contributed by atoms with Gasteiger partial charge in [-0.25, -0.2) is 4.79 Å². The van der Waals surface area contributed by atoms with Crippen LogP contribution in [0, 0.1) is 0 Å². The van der Waals surface area contributed by atoms with E-state index in [9.17, 15) is 4.79 Å². The molecule has 4 heteroatoms. The quantitative estimate of drug-likeness (QED) is 0.615. The first-order valence-corrected chi connectivity index (χ1v) is 4.01. The number of carboxylic acid groups (broad SMARTS) is 1. The Morgan fingerprint density at radius 2 is 2.58 bits per heavy atom. The Hall–Kier alpha value is -1.19. The maximum absolute atomic E-state index is 10.2. The molecule has 0 aromatic carbocycles. The fourth-order valence-corrected chi connectivity index (χ4v) is 1.25. The van der Waals surface area contributed by atoms with Crippen molar-refractivity contribution in [2.24, 2.45) is 0 Å². The van der Waals surface area contributed by atoms with Gasteiger partial charge in [0.15, 0.2) is 0 Å². The molecule has 0 saturated heterocycles. The Balaban J connectivity index is 2.35. The van der Waals surface area contributed by atoms with Gasteiger partial charge in [0.05, 0.1) is 6.04 Å². The average molecular weight is 171 g/mol. The maximum atomic E-state index is 10.2. The summed E-state index contributed by atoms with van der Waals surface area (Å²) in [5.41, 5.74) is 0. The predicted molar refractivity (Wildman–Crippen MR) is 43.9 cm³/mol. The third-order valence-electron chi connectivity index (χ3n) is 1.93. The van der Waals surface area contributed by atoms with Crippen LogP contribution in [-0.4, -0.2) is 23.4 Å². The van der Waals surface area contributed by atoms with E-state index in [4.69, 9.17) is 5.11 Å². The summed E-state index contributed by atoms with van der Waals surface area (Å²) in [7, 11) is 0. The third kappa shape index (κ3) is 2.45. The normalized spacial score (nSPS) is 24.2. The fourth-order valence-electron chi connectivity index (χ4n) is 1.25. The molecule has 0 amide bonds. The number of rotatable bonds is 2. The predicted octanol–water partition coefficient (Wildman–Crippen LogP) is 1.34. The van der Waals surface area contributed by atoms with E-state index in [0.717, 1.165) is 12.8 Å². The minimum Gasteiger partial charge on any atom is -0.450 e. The highest BCUT2D eigenvalue weighted by Gasteiger charge is 2.20. The van der Waals surface area contributed by atoms with Crippen LogP contribution in [0.25, 0.3) is 0 Å². The first kappa shape index (κ1) is 8.90. The molecular weight excluding hydrogens is 158 g/mol. The zero-order valence-electron chi connectivity index (χ0n) is 6.99. The summed E-state index contributed by atoms with van der Waals surface area (Å²) in [5.74, 6) is 0. The molecule has 0 saturated carbocycles. The van der Waals surface area contributed by atoms with E-state index in [1.54, 1.807) is 6.92 Å². The van der Waals surface area contributed by atoms with Gasteiger partial charge in [-0.05, 0) is 26.0 Å². The van der Waals surface area contributed by atoms with Gasteiger partial charge in [0.1, 0.15) is 6.10 Å². The van der Waals surface area contributed by atoms with Crippen LogP contribution in [0.15, 0.2) is 12.3 Å².